The molecule has 0 saturated carbocycles. The summed E-state index contributed by atoms with van der Waals surface area (Å²) in [6.07, 6.45) is -2.06. The van der Waals surface area contributed by atoms with E-state index in [1.54, 1.807) is 83.8 Å². The van der Waals surface area contributed by atoms with E-state index in [0.717, 1.165) is 27.2 Å². The maximum absolute atomic E-state index is 15.1. The van der Waals surface area contributed by atoms with Crippen LogP contribution in [0, 0.1) is 23.7 Å². The molecule has 25 heteroatoms. The summed E-state index contributed by atoms with van der Waals surface area (Å²) in [7, 11) is 6.09. The third-order valence-corrected chi connectivity index (χ3v) is 19.0. The number of hydrogen-bond acceptors (Lipinski definition) is 14. The van der Waals surface area contributed by atoms with E-state index in [4.69, 9.17) is 24.7 Å². The van der Waals surface area contributed by atoms with Gasteiger partial charge in [-0.2, -0.15) is 0 Å². The highest BCUT2D eigenvalue weighted by Crippen LogP contribution is 2.44. The summed E-state index contributed by atoms with van der Waals surface area (Å²) in [5.41, 5.74) is 11.3. The number of amides is 10. The minimum Gasteiger partial charge on any atom is -0.465 e. The summed E-state index contributed by atoms with van der Waals surface area (Å²) < 4.78 is 23.2. The summed E-state index contributed by atoms with van der Waals surface area (Å²) in [5, 5.41) is 35.9. The number of fused-ring (bicyclic) bond motifs is 3. The molecule has 2 aliphatic rings. The van der Waals surface area contributed by atoms with Crippen molar-refractivity contribution in [2.75, 3.05) is 66.5 Å². The summed E-state index contributed by atoms with van der Waals surface area (Å²) >= 11 is 0. The van der Waals surface area contributed by atoms with Crippen LogP contribution in [0.2, 0.25) is 0 Å². The number of likely N-dealkylation sites (N-methyl/N-ethyl adjacent to an activating group) is 1. The van der Waals surface area contributed by atoms with E-state index in [2.05, 4.69) is 33.2 Å². The zero-order valence-electron chi connectivity index (χ0n) is 59.4. The fourth-order valence-corrected chi connectivity index (χ4v) is 13.5. The van der Waals surface area contributed by atoms with Crippen molar-refractivity contribution >= 4 is 59.5 Å². The molecule has 0 radical (unpaired) electrons. The van der Waals surface area contributed by atoms with Crippen molar-refractivity contribution in [3.63, 3.8) is 0 Å². The monoisotopic (exact) mass is 1370 g/mol. The van der Waals surface area contributed by atoms with Crippen molar-refractivity contribution in [1.82, 2.24) is 40.9 Å². The number of ether oxygens (including phenoxy) is 4. The minimum absolute atomic E-state index is 0.00184. The summed E-state index contributed by atoms with van der Waals surface area (Å²) in [4.78, 5) is 130. The number of carboxylic acid groups (broad SMARTS) is 1. The van der Waals surface area contributed by atoms with Gasteiger partial charge in [0.1, 0.15) is 31.3 Å². The number of methoxy groups -OCH3 is 2. The van der Waals surface area contributed by atoms with Gasteiger partial charge in [-0.05, 0) is 108 Å². The minimum atomic E-state index is -1.42. The first-order chi connectivity index (χ1) is 47.2. The number of carbonyl (C=O) groups excluding carboxylic acids is 8. The van der Waals surface area contributed by atoms with Gasteiger partial charge in [0, 0.05) is 66.1 Å². The standard InChI is InChI=1S/C74H104N10O15/c1-14-39-98-74(95)81(10)42-51-40-52(78-68(88)58(31-23-36-76-71(75)91)79-72(92)99-43-57-55-29-21-19-27-53(55)54-28-20-22-30-56(54)57)34-33-49(51)35-38-84(73(93)94)63(45(5)6)69(89)80-62(44(3)4)70(90)82(11)64(46(7)15-2)60(96-12)41-61(85)83-37-24-32-59(83)66(97-13)47(8)67(87)77-48(9)65(86)50-25-17-16-18-26-50/h14,16-22,25-30,33-34,40,44-48,57-60,62-66,86H,1,15,23-24,31-32,35-39,41-43H2,2-13H3,(H,77,87)(H,78,88)(H,79,92)(H,80,89)(H,93,94)(H3,75,76,91)/t46-,47+,48+,58-,59-,60+,62?,63?,64?,65+,66+/m0/s1. The number of aliphatic hydroxyl groups excluding tert-OH is 1. The van der Waals surface area contributed by atoms with Crippen molar-refractivity contribution < 1.29 is 72.3 Å². The highest BCUT2D eigenvalue weighted by Gasteiger charge is 2.44. The van der Waals surface area contributed by atoms with E-state index in [9.17, 15) is 48.6 Å². The average Bonchev–Trinajstić information content (AvgIpc) is 1.61. The highest BCUT2D eigenvalue weighted by molar-refractivity contribution is 5.97. The lowest BCUT2D eigenvalue weighted by Crippen LogP contribution is -2.60. The first kappa shape index (κ1) is 78.9. The molecule has 9 N–H and O–H groups in total. The first-order valence-corrected chi connectivity index (χ1v) is 34.2. The van der Waals surface area contributed by atoms with Gasteiger partial charge in [-0.1, -0.05) is 152 Å². The van der Waals surface area contributed by atoms with Gasteiger partial charge in [0.05, 0.1) is 48.8 Å². The normalized spacial score (nSPS) is 16.4. The maximum atomic E-state index is 15.1. The lowest BCUT2D eigenvalue weighted by Gasteiger charge is -2.41. The Morgan fingerprint density at radius 2 is 1.42 bits per heavy atom. The second-order valence-electron chi connectivity index (χ2n) is 26.5. The molecule has 540 valence electrons. The van der Waals surface area contributed by atoms with E-state index in [0.29, 0.717) is 42.5 Å². The number of primary amides is 1. The van der Waals surface area contributed by atoms with E-state index in [1.165, 1.54) is 37.1 Å². The molecule has 99 heavy (non-hydrogen) atoms. The van der Waals surface area contributed by atoms with Crippen molar-refractivity contribution in [1.29, 1.82) is 0 Å². The van der Waals surface area contributed by atoms with E-state index < -0.39 is 114 Å². The van der Waals surface area contributed by atoms with Gasteiger partial charge in [-0.3, -0.25) is 28.9 Å². The lowest BCUT2D eigenvalue weighted by atomic mass is 9.89. The number of rotatable bonds is 36. The topological polar surface area (TPSA) is 330 Å². The van der Waals surface area contributed by atoms with Gasteiger partial charge in [0.15, 0.2) is 0 Å². The predicted molar refractivity (Wildman–Crippen MR) is 376 cm³/mol. The Labute approximate surface area is 582 Å². The number of anilines is 1. The molecule has 1 aliphatic carbocycles. The number of nitrogens with one attached hydrogen (secondary N) is 5. The van der Waals surface area contributed by atoms with Crippen LogP contribution >= 0.6 is 0 Å². The van der Waals surface area contributed by atoms with Crippen molar-refractivity contribution in [3.8, 4) is 11.1 Å². The fraction of sp³-hybridized carbons (Fsp3) is 0.527. The number of carbonyl (C=O) groups is 9. The summed E-state index contributed by atoms with van der Waals surface area (Å²) in [5.74, 6) is -4.76. The molecule has 0 spiro atoms. The number of nitrogens with two attached hydrogens (primary N) is 1. The van der Waals surface area contributed by atoms with Crippen LogP contribution < -0.4 is 32.3 Å². The van der Waals surface area contributed by atoms with Gasteiger partial charge < -0.3 is 76.2 Å². The van der Waals surface area contributed by atoms with Crippen LogP contribution in [0.4, 0.5) is 24.9 Å². The molecule has 11 atom stereocenters. The SMILES string of the molecule is C=CCOC(=O)N(C)Cc1cc(NC(=O)[C@H](CCCNC(N)=O)NC(=O)OCC2c3ccccc3-c3ccccc32)ccc1CCN(C(=O)O)C(C(=O)NC(C(=O)N(C)C([C@@H](C)CC)[C@@H](CC(=O)N1CCC[C@H]1[C@H](OC)[C@@H](C)C(=O)N[C@H](C)[C@@H](O)c1ccccc1)OC)C(C)C)C(C)C. The molecular weight excluding hydrogens is 1270 g/mol. The average molecular weight is 1370 g/mol. The molecule has 4 aromatic carbocycles. The molecular formula is C74H104N10O15. The summed E-state index contributed by atoms with van der Waals surface area (Å²) in [6, 6.07) is 23.4. The molecule has 1 heterocycles. The van der Waals surface area contributed by atoms with E-state index in [1.807, 2.05) is 80.6 Å². The maximum Gasteiger partial charge on any atom is 0.410 e. The quantitative estimate of drug-likeness (QED) is 0.0156. The first-order valence-electron chi connectivity index (χ1n) is 34.2. The Kier molecular flexibility index (Phi) is 30.1. The lowest BCUT2D eigenvalue weighted by molar-refractivity contribution is -0.148. The zero-order valence-corrected chi connectivity index (χ0v) is 59.4. The third-order valence-electron chi connectivity index (χ3n) is 19.0. The van der Waals surface area contributed by atoms with Crippen LogP contribution in [0.25, 0.3) is 11.1 Å². The van der Waals surface area contributed by atoms with Crippen LogP contribution in [0.1, 0.15) is 134 Å². The Balaban J connectivity index is 1.17. The number of likely N-dealkylation sites (tertiary alicyclic amines) is 1. The van der Waals surface area contributed by atoms with Crippen LogP contribution in [-0.4, -0.2) is 193 Å². The molecule has 10 amide bonds. The van der Waals surface area contributed by atoms with Gasteiger partial charge in [-0.15, -0.1) is 0 Å². The number of alkyl carbamates (subject to hydrolysis) is 1. The largest absolute Gasteiger partial charge is 0.465 e. The molecule has 3 unspecified atom stereocenters. The highest BCUT2D eigenvalue weighted by atomic mass is 16.6. The Morgan fingerprint density at radius 3 is 2.01 bits per heavy atom. The summed E-state index contributed by atoms with van der Waals surface area (Å²) in [6.45, 7) is 18.0. The molecule has 25 nitrogen and oxygen atoms in total. The molecule has 0 bridgehead atoms. The molecule has 6 rings (SSSR count). The smallest absolute Gasteiger partial charge is 0.410 e. The second kappa shape index (κ2) is 37.8. The number of hydrogen-bond donors (Lipinski definition) is 8. The number of aliphatic hydroxyl groups is 1. The van der Waals surface area contributed by atoms with E-state index >= 15 is 4.79 Å². The van der Waals surface area contributed by atoms with Gasteiger partial charge in [0.2, 0.25) is 29.5 Å². The van der Waals surface area contributed by atoms with Crippen molar-refractivity contribution in [3.05, 3.63) is 138 Å². The number of benzene rings is 4. The van der Waals surface area contributed by atoms with Crippen LogP contribution in [-0.2, 0) is 55.9 Å². The fourth-order valence-electron chi connectivity index (χ4n) is 13.5. The number of urea groups is 1. The Hall–Kier alpha value is -9.07. The molecule has 4 aromatic rings. The van der Waals surface area contributed by atoms with E-state index in [-0.39, 0.29) is 87.9 Å². The molecule has 0 aromatic heterocycles. The molecule has 1 saturated heterocycles. The van der Waals surface area contributed by atoms with Gasteiger partial charge >= 0.3 is 24.3 Å². The molecule has 1 fully saturated rings. The zero-order chi connectivity index (χ0) is 72.8. The Morgan fingerprint density at radius 1 is 0.778 bits per heavy atom. The third kappa shape index (κ3) is 21.0. The van der Waals surface area contributed by atoms with Gasteiger partial charge in [-0.25, -0.2) is 19.2 Å². The molecule has 1 aliphatic heterocycles. The van der Waals surface area contributed by atoms with Crippen LogP contribution in [0.5, 0.6) is 0 Å². The Bertz CT molecular complexity index is 3360. The van der Waals surface area contributed by atoms with Gasteiger partial charge in [0.25, 0.3) is 0 Å². The van der Waals surface area contributed by atoms with Crippen molar-refractivity contribution in [2.45, 2.75) is 167 Å². The van der Waals surface area contributed by atoms with Crippen LogP contribution in [0.15, 0.2) is 110 Å². The predicted octanol–water partition coefficient (Wildman–Crippen LogP) is 8.58. The second-order valence-corrected chi connectivity index (χ2v) is 26.5. The number of nitrogens with zero attached hydrogens (tertiary/aromatic N) is 4. The van der Waals surface area contributed by atoms with Crippen molar-refractivity contribution in [2.24, 2.45) is 29.4 Å². The van der Waals surface area contributed by atoms with Crippen LogP contribution in [0.3, 0.4) is 0 Å².